The van der Waals surface area contributed by atoms with Crippen molar-refractivity contribution in [3.05, 3.63) is 17.5 Å². The van der Waals surface area contributed by atoms with Crippen molar-refractivity contribution in [3.63, 3.8) is 0 Å². The molecular weight excluding hydrogens is 242 g/mol. The summed E-state index contributed by atoms with van der Waals surface area (Å²) in [5, 5.41) is 16.5. The van der Waals surface area contributed by atoms with Gasteiger partial charge in [0.2, 0.25) is 0 Å². The minimum atomic E-state index is -0.906. The number of hydrogen-bond acceptors (Lipinski definition) is 3. The molecule has 5 nitrogen and oxygen atoms in total. The summed E-state index contributed by atoms with van der Waals surface area (Å²) < 4.78 is 1.64. The van der Waals surface area contributed by atoms with Gasteiger partial charge in [-0.05, 0) is 31.2 Å². The molecule has 2 atom stereocenters. The molecule has 2 rings (SSSR count). The van der Waals surface area contributed by atoms with Crippen molar-refractivity contribution in [1.29, 1.82) is 0 Å². The van der Waals surface area contributed by atoms with Crippen LogP contribution in [0.1, 0.15) is 48.7 Å². The minimum Gasteiger partial charge on any atom is -0.478 e. The van der Waals surface area contributed by atoms with Crippen LogP contribution in [0.5, 0.6) is 0 Å². The summed E-state index contributed by atoms with van der Waals surface area (Å²) in [6.07, 6.45) is 6.65. The number of aromatic nitrogens is 2. The molecule has 0 radical (unpaired) electrons. The van der Waals surface area contributed by atoms with E-state index in [0.717, 1.165) is 24.1 Å². The number of nitrogens with zero attached hydrogens (tertiary/aromatic N) is 2. The van der Waals surface area contributed by atoms with Crippen molar-refractivity contribution < 1.29 is 9.90 Å². The summed E-state index contributed by atoms with van der Waals surface area (Å²) in [5.74, 6) is 0.647. The van der Waals surface area contributed by atoms with Crippen molar-refractivity contribution in [1.82, 2.24) is 15.1 Å². The Hall–Kier alpha value is -1.36. The molecule has 1 saturated carbocycles. The third-order valence-electron chi connectivity index (χ3n) is 4.06. The van der Waals surface area contributed by atoms with E-state index in [1.165, 1.54) is 31.9 Å². The maximum absolute atomic E-state index is 11.1. The fraction of sp³-hybridized carbons (Fsp3) is 0.714. The Bertz CT molecular complexity index is 442. The first-order valence-corrected chi connectivity index (χ1v) is 7.02. The molecule has 5 heteroatoms. The van der Waals surface area contributed by atoms with Crippen molar-refractivity contribution in [2.45, 2.75) is 39.2 Å². The lowest BCUT2D eigenvalue weighted by atomic mass is 9.82. The quantitative estimate of drug-likeness (QED) is 0.855. The third kappa shape index (κ3) is 3.56. The first kappa shape index (κ1) is 14.1. The standard InChI is InChI=1S/C14H23N3O2/c1-10-4-3-5-11(6-10)7-15-9-13-12(14(18)19)8-16-17(13)2/h8,10-11,15H,3-7,9H2,1-2H3,(H,18,19). The number of carbonyl (C=O) groups is 1. The molecule has 0 bridgehead atoms. The number of hydrogen-bond donors (Lipinski definition) is 2. The van der Waals surface area contributed by atoms with E-state index in [-0.39, 0.29) is 0 Å². The van der Waals surface area contributed by atoms with Gasteiger partial charge in [0, 0.05) is 13.6 Å². The van der Waals surface area contributed by atoms with Crippen LogP contribution >= 0.6 is 0 Å². The van der Waals surface area contributed by atoms with Gasteiger partial charge in [0.05, 0.1) is 11.9 Å². The molecule has 2 unspecified atom stereocenters. The molecule has 1 aliphatic rings. The molecular formula is C14H23N3O2. The van der Waals surface area contributed by atoms with Crippen LogP contribution in [0.3, 0.4) is 0 Å². The molecule has 0 saturated heterocycles. The van der Waals surface area contributed by atoms with E-state index in [9.17, 15) is 4.79 Å². The Morgan fingerprint density at radius 2 is 2.37 bits per heavy atom. The maximum Gasteiger partial charge on any atom is 0.339 e. The van der Waals surface area contributed by atoms with Crippen LogP contribution < -0.4 is 5.32 Å². The van der Waals surface area contributed by atoms with Gasteiger partial charge in [-0.1, -0.05) is 19.8 Å². The lowest BCUT2D eigenvalue weighted by Crippen LogP contribution is -2.27. The van der Waals surface area contributed by atoms with E-state index in [4.69, 9.17) is 5.11 Å². The van der Waals surface area contributed by atoms with Crippen molar-refractivity contribution >= 4 is 5.97 Å². The second-order valence-electron chi connectivity index (χ2n) is 5.70. The van der Waals surface area contributed by atoms with Gasteiger partial charge >= 0.3 is 5.97 Å². The second kappa shape index (κ2) is 6.19. The molecule has 1 aliphatic carbocycles. The van der Waals surface area contributed by atoms with E-state index in [1.807, 2.05) is 0 Å². The Morgan fingerprint density at radius 3 is 3.05 bits per heavy atom. The zero-order chi connectivity index (χ0) is 13.8. The van der Waals surface area contributed by atoms with E-state index < -0.39 is 5.97 Å². The fourth-order valence-corrected chi connectivity index (χ4v) is 2.99. The van der Waals surface area contributed by atoms with E-state index in [1.54, 1.807) is 11.7 Å². The molecule has 1 heterocycles. The van der Waals surface area contributed by atoms with Gasteiger partial charge in [0.25, 0.3) is 0 Å². The number of aromatic carboxylic acids is 1. The summed E-state index contributed by atoms with van der Waals surface area (Å²) in [4.78, 5) is 11.1. The maximum atomic E-state index is 11.1. The van der Waals surface area contributed by atoms with Crippen LogP contribution in [0.4, 0.5) is 0 Å². The van der Waals surface area contributed by atoms with Crippen molar-refractivity contribution in [3.8, 4) is 0 Å². The molecule has 0 amide bonds. The molecule has 2 N–H and O–H groups in total. The average molecular weight is 265 g/mol. The Labute approximate surface area is 114 Å². The topological polar surface area (TPSA) is 67.2 Å². The monoisotopic (exact) mass is 265 g/mol. The molecule has 1 aromatic heterocycles. The Balaban J connectivity index is 1.85. The molecule has 0 spiro atoms. The number of carboxylic acids is 1. The SMILES string of the molecule is CC1CCCC(CNCc2c(C(=O)O)cnn2C)C1. The van der Waals surface area contributed by atoms with Gasteiger partial charge < -0.3 is 10.4 Å². The highest BCUT2D eigenvalue weighted by Gasteiger charge is 2.19. The van der Waals surface area contributed by atoms with Gasteiger partial charge in [-0.25, -0.2) is 4.79 Å². The average Bonchev–Trinajstić information content (AvgIpc) is 2.71. The number of rotatable bonds is 5. The largest absolute Gasteiger partial charge is 0.478 e. The lowest BCUT2D eigenvalue weighted by Gasteiger charge is -2.26. The summed E-state index contributed by atoms with van der Waals surface area (Å²) >= 11 is 0. The normalized spacial score (nSPS) is 23.5. The van der Waals surface area contributed by atoms with Crippen LogP contribution in [0.2, 0.25) is 0 Å². The number of carboxylic acid groups (broad SMARTS) is 1. The molecule has 0 aromatic carbocycles. The highest BCUT2D eigenvalue weighted by atomic mass is 16.4. The van der Waals surface area contributed by atoms with Crippen LogP contribution in [0, 0.1) is 11.8 Å². The second-order valence-corrected chi connectivity index (χ2v) is 5.70. The van der Waals surface area contributed by atoms with Gasteiger partial charge in [-0.3, -0.25) is 4.68 Å². The van der Waals surface area contributed by atoms with Gasteiger partial charge in [-0.15, -0.1) is 0 Å². The zero-order valence-corrected chi connectivity index (χ0v) is 11.7. The van der Waals surface area contributed by atoms with Gasteiger partial charge in [-0.2, -0.15) is 5.10 Å². The summed E-state index contributed by atoms with van der Waals surface area (Å²) in [7, 11) is 1.78. The number of aryl methyl sites for hydroxylation is 1. The summed E-state index contributed by atoms with van der Waals surface area (Å²) in [5.41, 5.74) is 1.04. The summed E-state index contributed by atoms with van der Waals surface area (Å²) in [6, 6.07) is 0. The number of nitrogens with one attached hydrogen (secondary N) is 1. The first-order valence-electron chi connectivity index (χ1n) is 7.02. The van der Waals surface area contributed by atoms with Crippen molar-refractivity contribution in [2.75, 3.05) is 6.54 Å². The lowest BCUT2D eigenvalue weighted by molar-refractivity contribution is 0.0695. The summed E-state index contributed by atoms with van der Waals surface area (Å²) in [6.45, 7) is 3.85. The minimum absolute atomic E-state index is 0.298. The highest BCUT2D eigenvalue weighted by molar-refractivity contribution is 5.88. The van der Waals surface area contributed by atoms with Crippen LogP contribution in [-0.2, 0) is 13.6 Å². The van der Waals surface area contributed by atoms with Crippen molar-refractivity contribution in [2.24, 2.45) is 18.9 Å². The molecule has 1 fully saturated rings. The molecule has 106 valence electrons. The smallest absolute Gasteiger partial charge is 0.339 e. The van der Waals surface area contributed by atoms with Gasteiger partial charge in [0.1, 0.15) is 5.56 Å². The van der Waals surface area contributed by atoms with E-state index >= 15 is 0 Å². The van der Waals surface area contributed by atoms with Crippen LogP contribution in [0.15, 0.2) is 6.20 Å². The Morgan fingerprint density at radius 1 is 1.58 bits per heavy atom. The van der Waals surface area contributed by atoms with Crippen LogP contribution in [-0.4, -0.2) is 27.4 Å². The van der Waals surface area contributed by atoms with Crippen LogP contribution in [0.25, 0.3) is 0 Å². The zero-order valence-electron chi connectivity index (χ0n) is 11.7. The molecule has 19 heavy (non-hydrogen) atoms. The van der Waals surface area contributed by atoms with E-state index in [0.29, 0.717) is 12.1 Å². The fourth-order valence-electron chi connectivity index (χ4n) is 2.99. The molecule has 1 aromatic rings. The predicted octanol–water partition coefficient (Wildman–Crippen LogP) is 2.03. The third-order valence-corrected chi connectivity index (χ3v) is 4.06. The predicted molar refractivity (Wildman–Crippen MR) is 73.0 cm³/mol. The first-order chi connectivity index (χ1) is 9.08. The molecule has 0 aliphatic heterocycles. The van der Waals surface area contributed by atoms with Gasteiger partial charge in [0.15, 0.2) is 0 Å². The van der Waals surface area contributed by atoms with E-state index in [2.05, 4.69) is 17.3 Å². The highest BCUT2D eigenvalue weighted by Crippen LogP contribution is 2.27. The Kier molecular flexibility index (Phi) is 4.58.